The fraction of sp³-hybridized carbons (Fsp3) is 0.500. The minimum absolute atomic E-state index is 0.431. The Labute approximate surface area is 69.9 Å². The first-order valence-electron chi connectivity index (χ1n) is 3.20. The van der Waals surface area contributed by atoms with Gasteiger partial charge in [0.15, 0.2) is 0 Å². The van der Waals surface area contributed by atoms with E-state index >= 15 is 0 Å². The van der Waals surface area contributed by atoms with Crippen LogP contribution in [0.4, 0.5) is 0 Å². The van der Waals surface area contributed by atoms with Crippen LogP contribution < -0.4 is 0 Å². The van der Waals surface area contributed by atoms with E-state index in [0.29, 0.717) is 6.42 Å². The maximum atomic E-state index is 9.11. The second kappa shape index (κ2) is 3.54. The molecular formula is C6H9N3OS. The van der Waals surface area contributed by atoms with Gasteiger partial charge in [0.2, 0.25) is 0 Å². The molecule has 0 saturated heterocycles. The summed E-state index contributed by atoms with van der Waals surface area (Å²) in [6.45, 7) is 0. The first-order valence-corrected chi connectivity index (χ1v) is 3.67. The van der Waals surface area contributed by atoms with Crippen molar-refractivity contribution in [2.24, 2.45) is 7.05 Å². The van der Waals surface area contributed by atoms with E-state index in [1.807, 2.05) is 7.05 Å². The molecule has 0 amide bonds. The second-order valence-corrected chi connectivity index (χ2v) is 2.54. The summed E-state index contributed by atoms with van der Waals surface area (Å²) in [7, 11) is 1.82. The molecule has 1 heterocycles. The molecule has 1 rings (SSSR count). The third-order valence-corrected chi connectivity index (χ3v) is 1.67. The van der Waals surface area contributed by atoms with Crippen LogP contribution in [-0.4, -0.2) is 31.3 Å². The number of nitrogens with zero attached hydrogens (tertiary/aromatic N) is 3. The van der Waals surface area contributed by atoms with E-state index in [2.05, 4.69) is 22.4 Å². The summed E-state index contributed by atoms with van der Waals surface area (Å²) in [6.07, 6.45) is 1.42. The highest BCUT2D eigenvalue weighted by Crippen LogP contribution is 1.95. The molecule has 1 unspecified atom stereocenters. The summed E-state index contributed by atoms with van der Waals surface area (Å²) < 4.78 is 1.75. The van der Waals surface area contributed by atoms with Crippen molar-refractivity contribution in [1.29, 1.82) is 0 Å². The first-order chi connectivity index (χ1) is 5.24. The molecule has 0 spiro atoms. The Balaban J connectivity index is 2.63. The van der Waals surface area contributed by atoms with Crippen LogP contribution in [-0.2, 0) is 13.5 Å². The number of aromatic nitrogens is 3. The largest absolute Gasteiger partial charge is 0.388 e. The first kappa shape index (κ1) is 8.29. The van der Waals surface area contributed by atoms with E-state index in [0.717, 1.165) is 5.82 Å². The van der Waals surface area contributed by atoms with Crippen LogP contribution in [0.25, 0.3) is 0 Å². The maximum Gasteiger partial charge on any atom is 0.135 e. The zero-order valence-corrected chi connectivity index (χ0v) is 6.95. The number of rotatable bonds is 3. The summed E-state index contributed by atoms with van der Waals surface area (Å²) in [4.78, 5) is 0. The van der Waals surface area contributed by atoms with Gasteiger partial charge in [-0.2, -0.15) is 0 Å². The Morgan fingerprint density at radius 3 is 3.09 bits per heavy atom. The molecule has 0 aliphatic rings. The van der Waals surface area contributed by atoms with Crippen LogP contribution in [0.1, 0.15) is 5.82 Å². The van der Waals surface area contributed by atoms with Gasteiger partial charge in [-0.3, -0.25) is 0 Å². The summed E-state index contributed by atoms with van der Waals surface area (Å²) in [5.41, 5.74) is 0. The minimum atomic E-state index is -0.604. The zero-order chi connectivity index (χ0) is 8.27. The molecule has 5 heteroatoms. The van der Waals surface area contributed by atoms with Crippen molar-refractivity contribution in [2.75, 3.05) is 0 Å². The lowest BCUT2D eigenvalue weighted by atomic mass is 10.3. The van der Waals surface area contributed by atoms with Crippen molar-refractivity contribution in [1.82, 2.24) is 14.8 Å². The fourth-order valence-corrected chi connectivity index (χ4v) is 0.823. The Bertz CT molecular complexity index is 248. The van der Waals surface area contributed by atoms with Crippen molar-refractivity contribution in [3.05, 3.63) is 12.2 Å². The van der Waals surface area contributed by atoms with E-state index in [4.69, 9.17) is 5.11 Å². The van der Waals surface area contributed by atoms with E-state index in [9.17, 15) is 0 Å². The van der Waals surface area contributed by atoms with Gasteiger partial charge in [0.25, 0.3) is 0 Å². The van der Waals surface area contributed by atoms with Crippen LogP contribution in [0.15, 0.2) is 6.33 Å². The predicted octanol–water partition coefficient (Wildman–Crippen LogP) is -0.282. The third kappa shape index (κ3) is 2.06. The number of aryl methyl sites for hydroxylation is 1. The molecule has 0 radical (unpaired) electrons. The molecule has 0 fully saturated rings. The van der Waals surface area contributed by atoms with Crippen molar-refractivity contribution in [3.63, 3.8) is 0 Å². The molecule has 11 heavy (non-hydrogen) atoms. The molecule has 60 valence electrons. The van der Waals surface area contributed by atoms with Crippen molar-refractivity contribution < 1.29 is 5.11 Å². The summed E-state index contributed by atoms with van der Waals surface area (Å²) >= 11 is 4.56. The summed E-state index contributed by atoms with van der Waals surface area (Å²) in [5, 5.41) is 17.9. The second-order valence-electron chi connectivity index (χ2n) is 2.27. The van der Waals surface area contributed by atoms with E-state index in [1.54, 1.807) is 10.9 Å². The van der Waals surface area contributed by atoms with Crippen molar-refractivity contribution >= 4 is 17.6 Å². The monoisotopic (exact) mass is 171 g/mol. The van der Waals surface area contributed by atoms with Gasteiger partial charge in [-0.25, -0.2) is 0 Å². The highest BCUT2D eigenvalue weighted by Gasteiger charge is 2.05. The lowest BCUT2D eigenvalue weighted by Gasteiger charge is -2.01. The number of thiocarbonyl (C=S) groups is 1. The van der Waals surface area contributed by atoms with Gasteiger partial charge in [0.05, 0.1) is 6.10 Å². The molecule has 0 aromatic carbocycles. The van der Waals surface area contributed by atoms with E-state index < -0.39 is 6.10 Å². The van der Waals surface area contributed by atoms with Crippen molar-refractivity contribution in [3.8, 4) is 0 Å². The van der Waals surface area contributed by atoms with Crippen LogP contribution in [0.2, 0.25) is 0 Å². The average molecular weight is 171 g/mol. The van der Waals surface area contributed by atoms with E-state index in [1.165, 1.54) is 5.37 Å². The van der Waals surface area contributed by atoms with Gasteiger partial charge in [0, 0.05) is 18.8 Å². The van der Waals surface area contributed by atoms with Gasteiger partial charge in [-0.15, -0.1) is 10.2 Å². The molecule has 1 atom stereocenters. The standard InChI is InChI=1S/C6H9N3OS/c1-9-4-7-8-6(9)2-5(10)3-11/h3-5,10H,2H2,1H3. The summed E-state index contributed by atoms with van der Waals surface area (Å²) in [6, 6.07) is 0. The Morgan fingerprint density at radius 1 is 1.91 bits per heavy atom. The summed E-state index contributed by atoms with van der Waals surface area (Å²) in [5.74, 6) is 0.735. The molecular weight excluding hydrogens is 162 g/mol. The van der Waals surface area contributed by atoms with Gasteiger partial charge < -0.3 is 9.67 Å². The normalized spacial score (nSPS) is 12.9. The molecule has 0 aliphatic heterocycles. The Kier molecular flexibility index (Phi) is 2.67. The lowest BCUT2D eigenvalue weighted by Crippen LogP contribution is -2.13. The van der Waals surface area contributed by atoms with Crippen LogP contribution >= 0.6 is 12.2 Å². The SMILES string of the molecule is Cn1cnnc1CC(O)C=S. The minimum Gasteiger partial charge on any atom is -0.388 e. The fourth-order valence-electron chi connectivity index (χ4n) is 0.727. The Hall–Kier alpha value is -0.810. The van der Waals surface area contributed by atoms with Crippen LogP contribution in [0.5, 0.6) is 0 Å². The number of hydrogen-bond acceptors (Lipinski definition) is 4. The third-order valence-electron chi connectivity index (χ3n) is 1.35. The quantitative estimate of drug-likeness (QED) is 0.635. The van der Waals surface area contributed by atoms with Crippen LogP contribution in [0.3, 0.4) is 0 Å². The zero-order valence-electron chi connectivity index (χ0n) is 6.14. The maximum absolute atomic E-state index is 9.11. The Morgan fingerprint density at radius 2 is 2.64 bits per heavy atom. The highest BCUT2D eigenvalue weighted by molar-refractivity contribution is 7.79. The van der Waals surface area contributed by atoms with E-state index in [-0.39, 0.29) is 0 Å². The number of aliphatic hydroxyl groups excluding tert-OH is 1. The average Bonchev–Trinajstić information content (AvgIpc) is 2.37. The molecule has 1 aromatic heterocycles. The van der Waals surface area contributed by atoms with Gasteiger partial charge >= 0.3 is 0 Å². The molecule has 0 aliphatic carbocycles. The number of hydrogen-bond donors (Lipinski definition) is 1. The van der Waals surface area contributed by atoms with Crippen molar-refractivity contribution in [2.45, 2.75) is 12.5 Å². The molecule has 1 aromatic rings. The topological polar surface area (TPSA) is 50.9 Å². The molecule has 0 saturated carbocycles. The number of aliphatic hydroxyl groups is 1. The van der Waals surface area contributed by atoms with Gasteiger partial charge in [-0.05, 0) is 0 Å². The molecule has 1 N–H and O–H groups in total. The van der Waals surface area contributed by atoms with Gasteiger partial charge in [-0.1, -0.05) is 12.2 Å². The lowest BCUT2D eigenvalue weighted by molar-refractivity contribution is 0.245. The highest BCUT2D eigenvalue weighted by atomic mass is 32.1. The smallest absolute Gasteiger partial charge is 0.135 e. The van der Waals surface area contributed by atoms with Crippen LogP contribution in [0, 0.1) is 0 Å². The van der Waals surface area contributed by atoms with Gasteiger partial charge in [0.1, 0.15) is 12.2 Å². The predicted molar refractivity (Wildman–Crippen MR) is 44.4 cm³/mol. The molecule has 4 nitrogen and oxygen atoms in total. The molecule has 0 bridgehead atoms.